The second-order valence-corrected chi connectivity index (χ2v) is 7.79. The highest BCUT2D eigenvalue weighted by Crippen LogP contribution is 2.21. The predicted molar refractivity (Wildman–Crippen MR) is 129 cm³/mol. The van der Waals surface area contributed by atoms with Gasteiger partial charge in [-0.2, -0.15) is 5.10 Å². The molecule has 6 nitrogen and oxygen atoms in total. The third-order valence-corrected chi connectivity index (χ3v) is 5.40. The van der Waals surface area contributed by atoms with Crippen molar-refractivity contribution in [2.75, 3.05) is 0 Å². The number of carbonyl (C=O) groups excluding carboxylic acids is 1. The van der Waals surface area contributed by atoms with Crippen LogP contribution in [0.1, 0.15) is 45.8 Å². The highest BCUT2D eigenvalue weighted by Gasteiger charge is 2.11. The Morgan fingerprint density at radius 1 is 0.970 bits per heavy atom. The fraction of sp³-hybridized carbons (Fsp3) is 0.185. The summed E-state index contributed by atoms with van der Waals surface area (Å²) in [6.07, 6.45) is 2.59. The normalized spacial score (nSPS) is 11.1. The van der Waals surface area contributed by atoms with Crippen molar-refractivity contribution in [3.05, 3.63) is 107 Å². The minimum atomic E-state index is -0.413. The lowest BCUT2D eigenvalue weighted by atomic mass is 10.1. The number of nitrogens with zero attached hydrogens (tertiary/aromatic N) is 2. The van der Waals surface area contributed by atoms with Crippen molar-refractivity contribution in [1.29, 1.82) is 0 Å². The molecular weight excluding hydrogens is 414 g/mol. The molecule has 0 fully saturated rings. The number of aromatic nitrogens is 1. The van der Waals surface area contributed by atoms with Gasteiger partial charge in [-0.15, -0.1) is 0 Å². The number of rotatable bonds is 8. The standard InChI is InChI=1S/C27H27N3O3/c1-4-21-7-9-22(10-8-21)17-28-29-27(31)26-16-15-25(33-26)18-32-24-13-11-23(12-14-24)30-19(2)5-6-20(30)3/h5-17H,4,18H2,1-3H3,(H,29,31). The van der Waals surface area contributed by atoms with E-state index in [9.17, 15) is 4.79 Å². The molecule has 0 aliphatic heterocycles. The Morgan fingerprint density at radius 2 is 1.67 bits per heavy atom. The SMILES string of the molecule is CCc1ccc(C=NNC(=O)c2ccc(COc3ccc(-n4c(C)ccc4C)cc3)o2)cc1. The molecule has 0 spiro atoms. The Hall–Kier alpha value is -4.06. The van der Waals surface area contributed by atoms with Gasteiger partial charge < -0.3 is 13.7 Å². The van der Waals surface area contributed by atoms with E-state index in [-0.39, 0.29) is 12.4 Å². The second kappa shape index (κ2) is 10.0. The summed E-state index contributed by atoms with van der Waals surface area (Å²) in [4.78, 5) is 12.3. The van der Waals surface area contributed by atoms with Gasteiger partial charge in [-0.1, -0.05) is 31.2 Å². The quantitative estimate of drug-likeness (QED) is 0.286. The predicted octanol–water partition coefficient (Wildman–Crippen LogP) is 5.59. The van der Waals surface area contributed by atoms with Crippen LogP contribution in [0.4, 0.5) is 0 Å². The summed E-state index contributed by atoms with van der Waals surface area (Å²) >= 11 is 0. The number of hydrogen-bond acceptors (Lipinski definition) is 4. The molecule has 0 bridgehead atoms. The van der Waals surface area contributed by atoms with Crippen molar-refractivity contribution in [1.82, 2.24) is 9.99 Å². The van der Waals surface area contributed by atoms with E-state index in [0.717, 1.165) is 23.4 Å². The molecule has 33 heavy (non-hydrogen) atoms. The number of ether oxygens (including phenoxy) is 1. The van der Waals surface area contributed by atoms with Crippen molar-refractivity contribution in [3.8, 4) is 11.4 Å². The van der Waals surface area contributed by atoms with Gasteiger partial charge in [0.05, 0.1) is 6.21 Å². The highest BCUT2D eigenvalue weighted by molar-refractivity contribution is 5.92. The molecule has 0 saturated heterocycles. The molecule has 2 heterocycles. The maximum absolute atomic E-state index is 12.3. The molecule has 168 valence electrons. The van der Waals surface area contributed by atoms with Crippen LogP contribution in [-0.4, -0.2) is 16.7 Å². The maximum atomic E-state index is 12.3. The molecule has 0 aliphatic carbocycles. The summed E-state index contributed by atoms with van der Waals surface area (Å²) in [7, 11) is 0. The van der Waals surface area contributed by atoms with Crippen LogP contribution in [0.5, 0.6) is 5.75 Å². The van der Waals surface area contributed by atoms with Crippen LogP contribution in [0.25, 0.3) is 5.69 Å². The van der Waals surface area contributed by atoms with Crippen LogP contribution < -0.4 is 10.2 Å². The van der Waals surface area contributed by atoms with Gasteiger partial charge in [0.1, 0.15) is 18.1 Å². The number of benzene rings is 2. The molecule has 4 aromatic rings. The first-order chi connectivity index (χ1) is 16.0. The van der Waals surface area contributed by atoms with Gasteiger partial charge in [0, 0.05) is 17.1 Å². The van der Waals surface area contributed by atoms with Crippen LogP contribution >= 0.6 is 0 Å². The van der Waals surface area contributed by atoms with Gasteiger partial charge in [-0.25, -0.2) is 5.43 Å². The van der Waals surface area contributed by atoms with Gasteiger partial charge in [0.25, 0.3) is 0 Å². The number of furan rings is 1. The van der Waals surface area contributed by atoms with Gasteiger partial charge in [-0.3, -0.25) is 4.79 Å². The highest BCUT2D eigenvalue weighted by atomic mass is 16.5. The third kappa shape index (κ3) is 5.41. The minimum Gasteiger partial charge on any atom is -0.486 e. The van der Waals surface area contributed by atoms with Crippen LogP contribution in [0.15, 0.2) is 82.3 Å². The number of carbonyl (C=O) groups is 1. The van der Waals surface area contributed by atoms with E-state index in [1.54, 1.807) is 18.3 Å². The molecule has 6 heteroatoms. The molecule has 1 amide bonds. The molecule has 0 radical (unpaired) electrons. The van der Waals surface area contributed by atoms with Crippen LogP contribution in [0.3, 0.4) is 0 Å². The first kappa shape index (κ1) is 22.1. The molecule has 0 aliphatic rings. The molecule has 0 atom stereocenters. The fourth-order valence-electron chi connectivity index (χ4n) is 3.56. The number of amides is 1. The van der Waals surface area contributed by atoms with E-state index in [2.05, 4.69) is 48.0 Å². The summed E-state index contributed by atoms with van der Waals surface area (Å²) in [5.74, 6) is 1.05. The Balaban J connectivity index is 1.30. The topological polar surface area (TPSA) is 68.8 Å². The summed E-state index contributed by atoms with van der Waals surface area (Å²) < 4.78 is 13.6. The van der Waals surface area contributed by atoms with Crippen LogP contribution in [-0.2, 0) is 13.0 Å². The van der Waals surface area contributed by atoms with Crippen LogP contribution in [0.2, 0.25) is 0 Å². The third-order valence-electron chi connectivity index (χ3n) is 5.40. The van der Waals surface area contributed by atoms with Gasteiger partial charge in [0.2, 0.25) is 0 Å². The zero-order valence-corrected chi connectivity index (χ0v) is 19.0. The minimum absolute atomic E-state index is 0.181. The summed E-state index contributed by atoms with van der Waals surface area (Å²) in [6.45, 7) is 6.49. The Labute approximate surface area is 193 Å². The zero-order valence-electron chi connectivity index (χ0n) is 19.0. The maximum Gasteiger partial charge on any atom is 0.307 e. The van der Waals surface area contributed by atoms with Crippen molar-refractivity contribution < 1.29 is 13.9 Å². The molecule has 0 unspecified atom stereocenters. The number of aryl methyl sites for hydroxylation is 3. The van der Waals surface area contributed by atoms with E-state index in [4.69, 9.17) is 9.15 Å². The lowest BCUT2D eigenvalue weighted by Gasteiger charge is -2.10. The average Bonchev–Trinajstić information content (AvgIpc) is 3.45. The van der Waals surface area contributed by atoms with E-state index in [0.29, 0.717) is 5.76 Å². The lowest BCUT2D eigenvalue weighted by Crippen LogP contribution is -2.16. The molecule has 2 aromatic carbocycles. The van der Waals surface area contributed by atoms with E-state index in [1.165, 1.54) is 17.0 Å². The van der Waals surface area contributed by atoms with Gasteiger partial charge in [0.15, 0.2) is 5.76 Å². The zero-order chi connectivity index (χ0) is 23.2. The Kier molecular flexibility index (Phi) is 6.74. The summed E-state index contributed by atoms with van der Waals surface area (Å²) in [5, 5.41) is 4.00. The first-order valence-corrected chi connectivity index (χ1v) is 10.9. The Morgan fingerprint density at radius 3 is 2.33 bits per heavy atom. The largest absolute Gasteiger partial charge is 0.486 e. The number of hydrogen-bond donors (Lipinski definition) is 1. The molecule has 1 N–H and O–H groups in total. The fourth-order valence-corrected chi connectivity index (χ4v) is 3.56. The summed E-state index contributed by atoms with van der Waals surface area (Å²) in [5.41, 5.74) is 8.10. The summed E-state index contributed by atoms with van der Waals surface area (Å²) in [6, 6.07) is 23.4. The van der Waals surface area contributed by atoms with E-state index < -0.39 is 5.91 Å². The molecular formula is C27H27N3O3. The first-order valence-electron chi connectivity index (χ1n) is 10.9. The molecule has 0 saturated carbocycles. The van der Waals surface area contributed by atoms with Crippen molar-refractivity contribution in [3.63, 3.8) is 0 Å². The lowest BCUT2D eigenvalue weighted by molar-refractivity contribution is 0.0923. The van der Waals surface area contributed by atoms with E-state index >= 15 is 0 Å². The van der Waals surface area contributed by atoms with Crippen molar-refractivity contribution in [2.24, 2.45) is 5.10 Å². The Bertz CT molecular complexity index is 1230. The monoisotopic (exact) mass is 441 g/mol. The number of nitrogens with one attached hydrogen (secondary N) is 1. The van der Waals surface area contributed by atoms with Crippen molar-refractivity contribution >= 4 is 12.1 Å². The van der Waals surface area contributed by atoms with Gasteiger partial charge in [-0.05, 0) is 79.9 Å². The molecule has 4 rings (SSSR count). The average molecular weight is 442 g/mol. The smallest absolute Gasteiger partial charge is 0.307 e. The van der Waals surface area contributed by atoms with Crippen LogP contribution in [0, 0.1) is 13.8 Å². The number of hydrazone groups is 1. The van der Waals surface area contributed by atoms with E-state index in [1.807, 2.05) is 48.5 Å². The second-order valence-electron chi connectivity index (χ2n) is 7.79. The van der Waals surface area contributed by atoms with Gasteiger partial charge >= 0.3 is 5.91 Å². The molecule has 2 aromatic heterocycles. The van der Waals surface area contributed by atoms with Crippen molar-refractivity contribution in [2.45, 2.75) is 33.8 Å².